The second kappa shape index (κ2) is 7.82. The van der Waals surface area contributed by atoms with E-state index in [1.807, 2.05) is 0 Å². The smallest absolute Gasteiger partial charge is 0.00761 e. The van der Waals surface area contributed by atoms with Gasteiger partial charge in [0.25, 0.3) is 0 Å². The second-order valence-corrected chi connectivity index (χ2v) is 7.73. The highest BCUT2D eigenvalue weighted by Gasteiger charge is 2.36. The van der Waals surface area contributed by atoms with Gasteiger partial charge in [0, 0.05) is 12.0 Å². The molecule has 2 N–H and O–H groups in total. The molecule has 1 nitrogen and oxygen atoms in total. The van der Waals surface area contributed by atoms with E-state index in [0.717, 1.165) is 6.54 Å². The fourth-order valence-corrected chi connectivity index (χ4v) is 4.55. The van der Waals surface area contributed by atoms with Crippen molar-refractivity contribution in [3.63, 3.8) is 0 Å². The van der Waals surface area contributed by atoms with Crippen LogP contribution in [0, 0.1) is 6.92 Å². The fourth-order valence-electron chi connectivity index (χ4n) is 4.55. The van der Waals surface area contributed by atoms with Crippen LogP contribution in [-0.2, 0) is 5.41 Å². The minimum Gasteiger partial charge on any atom is -0.330 e. The Morgan fingerprint density at radius 1 is 0.885 bits per heavy atom. The number of fused-ring (bicyclic) bond motifs is 1. The highest BCUT2D eigenvalue weighted by atomic mass is 35.5. The average Bonchev–Trinajstić information content (AvgIpc) is 2.68. The Hall–Kier alpha value is -1.83. The van der Waals surface area contributed by atoms with Gasteiger partial charge in [0.1, 0.15) is 0 Å². The Balaban J connectivity index is 0.00000196. The van der Waals surface area contributed by atoms with Gasteiger partial charge in [-0.1, -0.05) is 72.3 Å². The molecule has 0 heterocycles. The molecule has 1 aliphatic rings. The normalized spacial score (nSPS) is 22.8. The molecule has 0 bridgehead atoms. The van der Waals surface area contributed by atoms with Gasteiger partial charge >= 0.3 is 0 Å². The van der Waals surface area contributed by atoms with E-state index in [9.17, 15) is 0 Å². The molecule has 1 saturated carbocycles. The van der Waals surface area contributed by atoms with Crippen LogP contribution in [0.3, 0.4) is 0 Å². The Bertz CT molecular complexity index is 878. The third-order valence-electron chi connectivity index (χ3n) is 6.21. The van der Waals surface area contributed by atoms with Crippen molar-refractivity contribution >= 4 is 23.2 Å². The lowest BCUT2D eigenvalue weighted by molar-refractivity contribution is 0.276. The third-order valence-corrected chi connectivity index (χ3v) is 6.21. The predicted molar refractivity (Wildman–Crippen MR) is 114 cm³/mol. The second-order valence-electron chi connectivity index (χ2n) is 7.73. The Labute approximate surface area is 163 Å². The van der Waals surface area contributed by atoms with E-state index in [1.54, 1.807) is 0 Å². The van der Waals surface area contributed by atoms with Crippen molar-refractivity contribution in [3.8, 4) is 0 Å². The zero-order valence-corrected chi connectivity index (χ0v) is 16.3. The van der Waals surface area contributed by atoms with Crippen LogP contribution < -0.4 is 5.73 Å². The van der Waals surface area contributed by atoms with Crippen molar-refractivity contribution in [2.24, 2.45) is 5.73 Å². The molecule has 0 spiro atoms. The topological polar surface area (TPSA) is 26.0 Å². The molecule has 0 aliphatic heterocycles. The molecule has 3 aromatic rings. The summed E-state index contributed by atoms with van der Waals surface area (Å²) in [4.78, 5) is 0. The third kappa shape index (κ3) is 3.51. The summed E-state index contributed by atoms with van der Waals surface area (Å²) in [5, 5.41) is 2.69. The molecular formula is C24H28ClN. The molecule has 0 amide bonds. The molecule has 3 aromatic carbocycles. The number of rotatable bonds is 3. The molecule has 0 saturated heterocycles. The molecule has 4 rings (SSSR count). The van der Waals surface area contributed by atoms with Crippen molar-refractivity contribution in [3.05, 3.63) is 83.4 Å². The zero-order valence-electron chi connectivity index (χ0n) is 15.4. The van der Waals surface area contributed by atoms with Gasteiger partial charge in [-0.2, -0.15) is 0 Å². The van der Waals surface area contributed by atoms with Gasteiger partial charge in [0.2, 0.25) is 0 Å². The maximum atomic E-state index is 6.28. The van der Waals surface area contributed by atoms with Crippen molar-refractivity contribution in [1.82, 2.24) is 0 Å². The molecule has 136 valence electrons. The van der Waals surface area contributed by atoms with Crippen molar-refractivity contribution in [2.75, 3.05) is 6.54 Å². The maximum Gasteiger partial charge on any atom is 0.00761 e. The van der Waals surface area contributed by atoms with Crippen LogP contribution in [-0.4, -0.2) is 6.54 Å². The maximum absolute atomic E-state index is 6.28. The first kappa shape index (κ1) is 18.9. The molecule has 1 aliphatic carbocycles. The van der Waals surface area contributed by atoms with Crippen molar-refractivity contribution < 1.29 is 0 Å². The zero-order chi connectivity index (χ0) is 17.3. The number of hydrogen-bond donors (Lipinski definition) is 1. The molecule has 0 unspecified atom stereocenters. The van der Waals surface area contributed by atoms with Gasteiger partial charge in [0.15, 0.2) is 0 Å². The van der Waals surface area contributed by atoms with Crippen LogP contribution in [0.25, 0.3) is 10.8 Å². The molecule has 0 atom stereocenters. The minimum absolute atomic E-state index is 0. The molecule has 0 aromatic heterocycles. The van der Waals surface area contributed by atoms with E-state index in [4.69, 9.17) is 5.73 Å². The van der Waals surface area contributed by atoms with Crippen LogP contribution in [0.15, 0.2) is 66.7 Å². The summed E-state index contributed by atoms with van der Waals surface area (Å²) in [5.74, 6) is 0.661. The van der Waals surface area contributed by atoms with Crippen LogP contribution in [0.5, 0.6) is 0 Å². The summed E-state index contributed by atoms with van der Waals surface area (Å²) in [7, 11) is 0. The number of halogens is 1. The summed E-state index contributed by atoms with van der Waals surface area (Å²) < 4.78 is 0. The van der Waals surface area contributed by atoms with Gasteiger partial charge in [-0.25, -0.2) is 0 Å². The lowest BCUT2D eigenvalue weighted by Crippen LogP contribution is -2.38. The first-order valence-corrected chi connectivity index (χ1v) is 9.46. The Morgan fingerprint density at radius 3 is 2.31 bits per heavy atom. The highest BCUT2D eigenvalue weighted by molar-refractivity contribution is 5.85. The minimum atomic E-state index is 0. The average molecular weight is 366 g/mol. The lowest BCUT2D eigenvalue weighted by Gasteiger charge is -2.40. The van der Waals surface area contributed by atoms with Crippen molar-refractivity contribution in [1.29, 1.82) is 0 Å². The van der Waals surface area contributed by atoms with E-state index in [1.165, 1.54) is 53.1 Å². The summed E-state index contributed by atoms with van der Waals surface area (Å²) in [5.41, 5.74) is 10.7. The van der Waals surface area contributed by atoms with Crippen LogP contribution in [0.1, 0.15) is 48.3 Å². The van der Waals surface area contributed by atoms with Gasteiger partial charge < -0.3 is 5.73 Å². The highest BCUT2D eigenvalue weighted by Crippen LogP contribution is 2.44. The van der Waals surface area contributed by atoms with Gasteiger partial charge in [-0.3, -0.25) is 0 Å². The summed E-state index contributed by atoms with van der Waals surface area (Å²) in [6.07, 6.45) is 4.82. The summed E-state index contributed by atoms with van der Waals surface area (Å²) in [6, 6.07) is 24.6. The van der Waals surface area contributed by atoms with Gasteiger partial charge in [-0.15, -0.1) is 12.4 Å². The number of nitrogens with two attached hydrogens (primary N) is 1. The van der Waals surface area contributed by atoms with Crippen LogP contribution in [0.2, 0.25) is 0 Å². The molecular weight excluding hydrogens is 338 g/mol. The Kier molecular flexibility index (Phi) is 5.70. The number of aryl methyl sites for hydroxylation is 1. The summed E-state index contributed by atoms with van der Waals surface area (Å²) in [6.45, 7) is 2.93. The predicted octanol–water partition coefficient (Wildman–Crippen LogP) is 6.12. The van der Waals surface area contributed by atoms with E-state index in [-0.39, 0.29) is 17.8 Å². The van der Waals surface area contributed by atoms with Crippen molar-refractivity contribution in [2.45, 2.75) is 43.9 Å². The first-order valence-electron chi connectivity index (χ1n) is 9.46. The first-order chi connectivity index (χ1) is 12.2. The monoisotopic (exact) mass is 365 g/mol. The van der Waals surface area contributed by atoms with E-state index in [2.05, 4.69) is 73.7 Å². The molecule has 1 fully saturated rings. The molecule has 26 heavy (non-hydrogen) atoms. The van der Waals surface area contributed by atoms with E-state index in [0.29, 0.717) is 5.92 Å². The quantitative estimate of drug-likeness (QED) is 0.594. The summed E-state index contributed by atoms with van der Waals surface area (Å²) >= 11 is 0. The number of benzene rings is 3. The largest absolute Gasteiger partial charge is 0.330 e. The van der Waals surface area contributed by atoms with Gasteiger partial charge in [0.05, 0.1) is 0 Å². The fraction of sp³-hybridized carbons (Fsp3) is 0.333. The molecule has 0 radical (unpaired) electrons. The number of hydrogen-bond acceptors (Lipinski definition) is 1. The van der Waals surface area contributed by atoms with E-state index < -0.39 is 0 Å². The standard InChI is InChI=1S/C24H27N.ClH/c1-18-5-4-8-23(15-18)24(17-25)13-11-20(12-14-24)22-10-9-19-6-2-3-7-21(19)16-22;/h2-10,15-16,20H,11-14,17,25H2,1H3;1H. The molecule has 2 heteroatoms. The van der Waals surface area contributed by atoms with Gasteiger partial charge in [-0.05, 0) is 60.4 Å². The lowest BCUT2D eigenvalue weighted by atomic mass is 9.65. The van der Waals surface area contributed by atoms with Crippen LogP contribution in [0.4, 0.5) is 0 Å². The van der Waals surface area contributed by atoms with Crippen LogP contribution >= 0.6 is 12.4 Å². The van der Waals surface area contributed by atoms with E-state index >= 15 is 0 Å². The SMILES string of the molecule is Cc1cccc(C2(CN)CCC(c3ccc4ccccc4c3)CC2)c1.Cl. The Morgan fingerprint density at radius 2 is 1.62 bits per heavy atom.